The Hall–Kier alpha value is -0.660. The molecule has 6 nitrogen and oxygen atoms in total. The number of sulfonamides is 1. The Morgan fingerprint density at radius 3 is 2.50 bits per heavy atom. The molecule has 2 aliphatic rings. The molecule has 7 heteroatoms. The molecular formula is C11H19NO5S. The highest BCUT2D eigenvalue weighted by Crippen LogP contribution is 2.28. The van der Waals surface area contributed by atoms with Gasteiger partial charge in [0, 0.05) is 19.5 Å². The van der Waals surface area contributed by atoms with Crippen LogP contribution in [0.15, 0.2) is 0 Å². The van der Waals surface area contributed by atoms with Gasteiger partial charge < -0.3 is 9.47 Å². The van der Waals surface area contributed by atoms with Crippen molar-refractivity contribution in [2.45, 2.75) is 37.9 Å². The zero-order valence-corrected chi connectivity index (χ0v) is 11.3. The van der Waals surface area contributed by atoms with Gasteiger partial charge in [0.25, 0.3) is 0 Å². The molecule has 0 radical (unpaired) electrons. The van der Waals surface area contributed by atoms with E-state index in [1.807, 2.05) is 0 Å². The number of carbonyl (C=O) groups is 1. The SMILES string of the molecule is COC(=O)CCCS(=O)(=O)N1CC2CCC(C1)O2. The predicted molar refractivity (Wildman–Crippen MR) is 64.5 cm³/mol. The predicted octanol–water partition coefficient (Wildman–Crippen LogP) is 0.133. The number of fused-ring (bicyclic) bond motifs is 2. The average Bonchev–Trinajstić information content (AvgIpc) is 2.67. The second kappa shape index (κ2) is 5.54. The van der Waals surface area contributed by atoms with Crippen LogP contribution in [0, 0.1) is 0 Å². The summed E-state index contributed by atoms with van der Waals surface area (Å²) in [6.07, 6.45) is 2.45. The highest BCUT2D eigenvalue weighted by Gasteiger charge is 2.38. The number of hydrogen-bond donors (Lipinski definition) is 0. The van der Waals surface area contributed by atoms with E-state index in [0.29, 0.717) is 19.5 Å². The van der Waals surface area contributed by atoms with Crippen molar-refractivity contribution in [3.05, 3.63) is 0 Å². The van der Waals surface area contributed by atoms with E-state index in [2.05, 4.69) is 4.74 Å². The number of ether oxygens (including phenoxy) is 2. The van der Waals surface area contributed by atoms with Gasteiger partial charge in [-0.15, -0.1) is 0 Å². The number of hydrogen-bond acceptors (Lipinski definition) is 5. The molecule has 0 aliphatic carbocycles. The van der Waals surface area contributed by atoms with Crippen LogP contribution in [-0.2, 0) is 24.3 Å². The Morgan fingerprint density at radius 2 is 1.94 bits per heavy atom. The Labute approximate surface area is 107 Å². The van der Waals surface area contributed by atoms with Crippen LogP contribution in [-0.4, -0.2) is 56.9 Å². The van der Waals surface area contributed by atoms with Crippen molar-refractivity contribution in [2.75, 3.05) is 26.0 Å². The van der Waals surface area contributed by atoms with Gasteiger partial charge in [-0.3, -0.25) is 4.79 Å². The van der Waals surface area contributed by atoms with Crippen molar-refractivity contribution >= 4 is 16.0 Å². The Balaban J connectivity index is 1.85. The lowest BCUT2D eigenvalue weighted by atomic mass is 10.2. The Morgan fingerprint density at radius 1 is 1.33 bits per heavy atom. The van der Waals surface area contributed by atoms with Gasteiger partial charge in [-0.05, 0) is 19.3 Å². The molecule has 2 fully saturated rings. The van der Waals surface area contributed by atoms with Crippen LogP contribution < -0.4 is 0 Å². The van der Waals surface area contributed by atoms with Crippen LogP contribution in [0.1, 0.15) is 25.7 Å². The molecule has 2 saturated heterocycles. The molecule has 0 spiro atoms. The van der Waals surface area contributed by atoms with Crippen LogP contribution in [0.25, 0.3) is 0 Å². The molecule has 0 aromatic carbocycles. The van der Waals surface area contributed by atoms with E-state index in [0.717, 1.165) is 12.8 Å². The Kier molecular flexibility index (Phi) is 4.24. The van der Waals surface area contributed by atoms with E-state index in [4.69, 9.17) is 4.74 Å². The molecule has 0 N–H and O–H groups in total. The number of morpholine rings is 1. The lowest BCUT2D eigenvalue weighted by Gasteiger charge is -2.31. The minimum atomic E-state index is -3.27. The monoisotopic (exact) mass is 277 g/mol. The van der Waals surface area contributed by atoms with Gasteiger partial charge in [0.1, 0.15) is 0 Å². The van der Waals surface area contributed by atoms with Gasteiger partial charge in [0.15, 0.2) is 0 Å². The summed E-state index contributed by atoms with van der Waals surface area (Å²) in [7, 11) is -1.97. The normalized spacial score (nSPS) is 28.3. The maximum Gasteiger partial charge on any atom is 0.305 e. The minimum Gasteiger partial charge on any atom is -0.469 e. The number of rotatable bonds is 5. The smallest absolute Gasteiger partial charge is 0.305 e. The molecular weight excluding hydrogens is 258 g/mol. The highest BCUT2D eigenvalue weighted by molar-refractivity contribution is 7.89. The maximum atomic E-state index is 12.1. The Bertz CT molecular complexity index is 396. The second-order valence-electron chi connectivity index (χ2n) is 4.77. The van der Waals surface area contributed by atoms with E-state index in [1.54, 1.807) is 0 Å². The van der Waals surface area contributed by atoms with E-state index in [-0.39, 0.29) is 30.4 Å². The molecule has 0 aromatic rings. The zero-order valence-electron chi connectivity index (χ0n) is 10.5. The summed E-state index contributed by atoms with van der Waals surface area (Å²) in [5.41, 5.74) is 0. The third kappa shape index (κ3) is 3.21. The maximum absolute atomic E-state index is 12.1. The van der Waals surface area contributed by atoms with Gasteiger partial charge >= 0.3 is 5.97 Å². The first-order chi connectivity index (χ1) is 8.51. The summed E-state index contributed by atoms with van der Waals surface area (Å²) in [6.45, 7) is 0.911. The fourth-order valence-electron chi connectivity index (χ4n) is 2.43. The topological polar surface area (TPSA) is 72.9 Å². The summed E-state index contributed by atoms with van der Waals surface area (Å²) in [5, 5.41) is 0. The van der Waals surface area contributed by atoms with Gasteiger partial charge in [-0.2, -0.15) is 4.31 Å². The quantitative estimate of drug-likeness (QED) is 0.668. The number of carbonyl (C=O) groups excluding carboxylic acids is 1. The number of methoxy groups -OCH3 is 1. The zero-order chi connectivity index (χ0) is 13.2. The van der Waals surface area contributed by atoms with Gasteiger partial charge in [0.2, 0.25) is 10.0 Å². The van der Waals surface area contributed by atoms with Crippen molar-refractivity contribution in [2.24, 2.45) is 0 Å². The second-order valence-corrected chi connectivity index (χ2v) is 6.86. The largest absolute Gasteiger partial charge is 0.469 e. The fraction of sp³-hybridized carbons (Fsp3) is 0.909. The fourth-order valence-corrected chi connectivity index (χ4v) is 3.99. The number of nitrogens with zero attached hydrogens (tertiary/aromatic N) is 1. The first-order valence-corrected chi connectivity index (χ1v) is 7.82. The van der Waals surface area contributed by atoms with E-state index < -0.39 is 10.0 Å². The molecule has 2 heterocycles. The van der Waals surface area contributed by atoms with Crippen LogP contribution in [0.4, 0.5) is 0 Å². The lowest BCUT2D eigenvalue weighted by molar-refractivity contribution is -0.140. The van der Waals surface area contributed by atoms with Crippen molar-refractivity contribution < 1.29 is 22.7 Å². The molecule has 18 heavy (non-hydrogen) atoms. The van der Waals surface area contributed by atoms with Crippen molar-refractivity contribution in [3.8, 4) is 0 Å². The first kappa shape index (κ1) is 13.8. The van der Waals surface area contributed by atoms with Gasteiger partial charge in [-0.25, -0.2) is 8.42 Å². The summed E-state index contributed by atoms with van der Waals surface area (Å²) >= 11 is 0. The lowest BCUT2D eigenvalue weighted by Crippen LogP contribution is -2.46. The molecule has 2 unspecified atom stereocenters. The third-order valence-corrected chi connectivity index (χ3v) is 5.30. The van der Waals surface area contributed by atoms with Gasteiger partial charge in [0.05, 0.1) is 25.1 Å². The summed E-state index contributed by atoms with van der Waals surface area (Å²) in [4.78, 5) is 10.9. The van der Waals surface area contributed by atoms with Crippen molar-refractivity contribution in [1.82, 2.24) is 4.31 Å². The standard InChI is InChI=1S/C11H19NO5S/c1-16-11(13)3-2-6-18(14,15)12-7-9-4-5-10(8-12)17-9/h9-10H,2-8H2,1H3. The summed E-state index contributed by atoms with van der Waals surface area (Å²) in [5.74, 6) is -0.367. The molecule has 104 valence electrons. The molecule has 2 aliphatic heterocycles. The van der Waals surface area contributed by atoms with Gasteiger partial charge in [-0.1, -0.05) is 0 Å². The van der Waals surface area contributed by atoms with E-state index >= 15 is 0 Å². The first-order valence-electron chi connectivity index (χ1n) is 6.21. The van der Waals surface area contributed by atoms with Crippen molar-refractivity contribution in [3.63, 3.8) is 0 Å². The molecule has 0 aromatic heterocycles. The molecule has 2 bridgehead atoms. The minimum absolute atomic E-state index is 0.00153. The molecule has 2 rings (SSSR count). The van der Waals surface area contributed by atoms with E-state index in [9.17, 15) is 13.2 Å². The van der Waals surface area contributed by atoms with Crippen molar-refractivity contribution in [1.29, 1.82) is 0 Å². The molecule has 0 amide bonds. The summed E-state index contributed by atoms with van der Waals surface area (Å²) < 4.78 is 35.8. The van der Waals surface area contributed by atoms with Crippen LogP contribution in [0.2, 0.25) is 0 Å². The highest BCUT2D eigenvalue weighted by atomic mass is 32.2. The average molecular weight is 277 g/mol. The van der Waals surface area contributed by atoms with Crippen LogP contribution >= 0.6 is 0 Å². The third-order valence-electron chi connectivity index (χ3n) is 3.41. The summed E-state index contributed by atoms with van der Waals surface area (Å²) in [6, 6.07) is 0. The van der Waals surface area contributed by atoms with E-state index in [1.165, 1.54) is 11.4 Å². The van der Waals surface area contributed by atoms with Crippen LogP contribution in [0.5, 0.6) is 0 Å². The number of esters is 1. The van der Waals surface area contributed by atoms with Crippen LogP contribution in [0.3, 0.4) is 0 Å². The molecule has 0 saturated carbocycles. The molecule has 2 atom stereocenters.